The predicted molar refractivity (Wildman–Crippen MR) is 68.2 cm³/mol. The van der Waals surface area contributed by atoms with Crippen LogP contribution in [0, 0.1) is 0 Å². The SMILES string of the molecule is CCCCc1cc2ccccc2c(NN)n1. The molecule has 84 valence electrons. The number of hydrogen-bond donors (Lipinski definition) is 2. The lowest BCUT2D eigenvalue weighted by Gasteiger charge is -2.08. The molecule has 16 heavy (non-hydrogen) atoms. The summed E-state index contributed by atoms with van der Waals surface area (Å²) in [5.41, 5.74) is 3.78. The third-order valence-electron chi connectivity index (χ3n) is 2.72. The highest BCUT2D eigenvalue weighted by Gasteiger charge is 2.03. The molecule has 0 amide bonds. The van der Waals surface area contributed by atoms with Gasteiger partial charge in [0.25, 0.3) is 0 Å². The van der Waals surface area contributed by atoms with E-state index in [1.807, 2.05) is 18.2 Å². The summed E-state index contributed by atoms with van der Waals surface area (Å²) in [6.45, 7) is 2.18. The van der Waals surface area contributed by atoms with Gasteiger partial charge in [-0.2, -0.15) is 0 Å². The minimum atomic E-state index is 0.768. The van der Waals surface area contributed by atoms with Gasteiger partial charge < -0.3 is 5.43 Å². The Morgan fingerprint density at radius 3 is 2.88 bits per heavy atom. The summed E-state index contributed by atoms with van der Waals surface area (Å²) in [5.74, 6) is 6.27. The lowest BCUT2D eigenvalue weighted by molar-refractivity contribution is 0.778. The van der Waals surface area contributed by atoms with Crippen LogP contribution in [0.2, 0.25) is 0 Å². The third-order valence-corrected chi connectivity index (χ3v) is 2.72. The Morgan fingerprint density at radius 2 is 2.12 bits per heavy atom. The van der Waals surface area contributed by atoms with E-state index in [0.717, 1.165) is 29.7 Å². The van der Waals surface area contributed by atoms with Gasteiger partial charge in [-0.15, -0.1) is 0 Å². The first-order valence-electron chi connectivity index (χ1n) is 5.70. The van der Waals surface area contributed by atoms with Crippen LogP contribution in [-0.4, -0.2) is 4.98 Å². The quantitative estimate of drug-likeness (QED) is 0.609. The first-order valence-corrected chi connectivity index (χ1v) is 5.70. The Morgan fingerprint density at radius 1 is 1.31 bits per heavy atom. The van der Waals surface area contributed by atoms with Crippen LogP contribution in [0.3, 0.4) is 0 Å². The molecule has 0 bridgehead atoms. The molecule has 3 N–H and O–H groups in total. The molecule has 1 heterocycles. The van der Waals surface area contributed by atoms with Crippen molar-refractivity contribution in [3.63, 3.8) is 0 Å². The first-order chi connectivity index (χ1) is 7.85. The van der Waals surface area contributed by atoms with Crippen LogP contribution in [0.15, 0.2) is 30.3 Å². The van der Waals surface area contributed by atoms with Crippen molar-refractivity contribution in [3.8, 4) is 0 Å². The average molecular weight is 215 g/mol. The van der Waals surface area contributed by atoms with E-state index in [-0.39, 0.29) is 0 Å². The minimum Gasteiger partial charge on any atom is -0.308 e. The van der Waals surface area contributed by atoms with Crippen LogP contribution in [-0.2, 0) is 6.42 Å². The molecule has 2 aromatic rings. The number of aromatic nitrogens is 1. The highest BCUT2D eigenvalue weighted by atomic mass is 15.2. The summed E-state index contributed by atoms with van der Waals surface area (Å²) < 4.78 is 0. The fraction of sp³-hybridized carbons (Fsp3) is 0.308. The number of fused-ring (bicyclic) bond motifs is 1. The number of unbranched alkanes of at least 4 members (excludes halogenated alkanes) is 1. The number of benzene rings is 1. The van der Waals surface area contributed by atoms with E-state index < -0.39 is 0 Å². The van der Waals surface area contributed by atoms with E-state index in [2.05, 4.69) is 29.5 Å². The molecule has 0 saturated carbocycles. The Balaban J connectivity index is 2.46. The van der Waals surface area contributed by atoms with Gasteiger partial charge in [-0.1, -0.05) is 37.6 Å². The molecule has 0 spiro atoms. The summed E-state index contributed by atoms with van der Waals surface area (Å²) in [6, 6.07) is 10.3. The molecular formula is C13H17N3. The van der Waals surface area contributed by atoms with Crippen LogP contribution in [0.1, 0.15) is 25.5 Å². The zero-order valence-electron chi connectivity index (χ0n) is 9.53. The predicted octanol–water partition coefficient (Wildman–Crippen LogP) is 2.86. The summed E-state index contributed by atoms with van der Waals surface area (Å²) in [6.07, 6.45) is 3.35. The van der Waals surface area contributed by atoms with E-state index in [9.17, 15) is 0 Å². The number of rotatable bonds is 4. The van der Waals surface area contributed by atoms with Gasteiger partial charge in [-0.05, 0) is 24.3 Å². The van der Waals surface area contributed by atoms with E-state index >= 15 is 0 Å². The van der Waals surface area contributed by atoms with Gasteiger partial charge >= 0.3 is 0 Å². The number of hydrogen-bond acceptors (Lipinski definition) is 3. The van der Waals surface area contributed by atoms with E-state index in [1.165, 1.54) is 11.8 Å². The van der Waals surface area contributed by atoms with Crippen LogP contribution in [0.4, 0.5) is 5.82 Å². The van der Waals surface area contributed by atoms with E-state index in [1.54, 1.807) is 0 Å². The summed E-state index contributed by atoms with van der Waals surface area (Å²) in [4.78, 5) is 4.52. The number of nitrogens with zero attached hydrogens (tertiary/aromatic N) is 1. The van der Waals surface area contributed by atoms with Crippen LogP contribution >= 0.6 is 0 Å². The monoisotopic (exact) mass is 215 g/mol. The molecule has 1 aromatic heterocycles. The number of nitrogen functional groups attached to an aromatic ring is 1. The number of nitrogens with two attached hydrogens (primary N) is 1. The average Bonchev–Trinajstić information content (AvgIpc) is 2.35. The fourth-order valence-corrected chi connectivity index (χ4v) is 1.85. The second-order valence-corrected chi connectivity index (χ2v) is 3.93. The van der Waals surface area contributed by atoms with Gasteiger partial charge in [0, 0.05) is 11.1 Å². The minimum absolute atomic E-state index is 0.768. The zero-order valence-corrected chi connectivity index (χ0v) is 9.53. The second kappa shape index (κ2) is 4.94. The molecule has 0 saturated heterocycles. The van der Waals surface area contributed by atoms with Crippen molar-refractivity contribution in [2.75, 3.05) is 5.43 Å². The number of pyridine rings is 1. The van der Waals surface area contributed by atoms with Gasteiger partial charge in [0.2, 0.25) is 0 Å². The van der Waals surface area contributed by atoms with Crippen molar-refractivity contribution in [3.05, 3.63) is 36.0 Å². The largest absolute Gasteiger partial charge is 0.308 e. The molecule has 0 fully saturated rings. The maximum atomic E-state index is 5.50. The van der Waals surface area contributed by atoms with Gasteiger partial charge in [0.05, 0.1) is 0 Å². The topological polar surface area (TPSA) is 50.9 Å². The van der Waals surface area contributed by atoms with Gasteiger partial charge in [0.15, 0.2) is 0 Å². The number of hydrazine groups is 1. The molecule has 3 nitrogen and oxygen atoms in total. The lowest BCUT2D eigenvalue weighted by atomic mass is 10.1. The normalized spacial score (nSPS) is 10.6. The Hall–Kier alpha value is -1.61. The lowest BCUT2D eigenvalue weighted by Crippen LogP contribution is -2.10. The Bertz CT molecular complexity index is 480. The van der Waals surface area contributed by atoms with Crippen molar-refractivity contribution < 1.29 is 0 Å². The summed E-state index contributed by atoms with van der Waals surface area (Å²) in [5, 5.41) is 2.27. The van der Waals surface area contributed by atoms with Crippen molar-refractivity contribution in [1.82, 2.24) is 4.98 Å². The Kier molecular flexibility index (Phi) is 3.37. The molecular weight excluding hydrogens is 198 g/mol. The maximum absolute atomic E-state index is 5.50. The van der Waals surface area contributed by atoms with Crippen LogP contribution in [0.25, 0.3) is 10.8 Å². The Labute approximate surface area is 95.7 Å². The van der Waals surface area contributed by atoms with Gasteiger partial charge in [0.1, 0.15) is 5.82 Å². The summed E-state index contributed by atoms with van der Waals surface area (Å²) in [7, 11) is 0. The number of aryl methyl sites for hydroxylation is 1. The highest BCUT2D eigenvalue weighted by molar-refractivity contribution is 5.91. The van der Waals surface area contributed by atoms with Crippen molar-refractivity contribution in [2.45, 2.75) is 26.2 Å². The molecule has 0 unspecified atom stereocenters. The van der Waals surface area contributed by atoms with Crippen molar-refractivity contribution >= 4 is 16.6 Å². The van der Waals surface area contributed by atoms with E-state index in [4.69, 9.17) is 5.84 Å². The number of nitrogens with one attached hydrogen (secondary N) is 1. The van der Waals surface area contributed by atoms with Crippen molar-refractivity contribution in [2.24, 2.45) is 5.84 Å². The van der Waals surface area contributed by atoms with Crippen LogP contribution < -0.4 is 11.3 Å². The molecule has 0 radical (unpaired) electrons. The molecule has 1 aromatic carbocycles. The summed E-state index contributed by atoms with van der Waals surface area (Å²) >= 11 is 0. The molecule has 0 aliphatic heterocycles. The van der Waals surface area contributed by atoms with Crippen LogP contribution in [0.5, 0.6) is 0 Å². The standard InChI is InChI=1S/C13H17N3/c1-2-3-7-11-9-10-6-4-5-8-12(10)13(15-11)16-14/h4-6,8-9H,2-3,7,14H2,1H3,(H,15,16). The van der Waals surface area contributed by atoms with Gasteiger partial charge in [-0.3, -0.25) is 0 Å². The molecule has 3 heteroatoms. The van der Waals surface area contributed by atoms with Gasteiger partial charge in [-0.25, -0.2) is 10.8 Å². The second-order valence-electron chi connectivity index (χ2n) is 3.93. The third kappa shape index (κ3) is 2.14. The zero-order chi connectivity index (χ0) is 11.4. The fourth-order valence-electron chi connectivity index (χ4n) is 1.85. The molecule has 0 atom stereocenters. The highest BCUT2D eigenvalue weighted by Crippen LogP contribution is 2.22. The molecule has 0 aliphatic rings. The van der Waals surface area contributed by atoms with E-state index in [0.29, 0.717) is 0 Å². The first kappa shape index (κ1) is 10.9. The smallest absolute Gasteiger partial charge is 0.148 e. The number of anilines is 1. The molecule has 0 aliphatic carbocycles. The molecule has 2 rings (SSSR count). The maximum Gasteiger partial charge on any atom is 0.148 e. The van der Waals surface area contributed by atoms with Crippen molar-refractivity contribution in [1.29, 1.82) is 0 Å².